The number of methoxy groups -OCH3 is 1. The Morgan fingerprint density at radius 3 is 2.47 bits per heavy atom. The topological polar surface area (TPSA) is 64.6 Å². The van der Waals surface area contributed by atoms with E-state index in [0.29, 0.717) is 22.7 Å². The number of carbonyl (C=O) groups excluding carboxylic acids is 2. The van der Waals surface area contributed by atoms with E-state index in [1.165, 1.54) is 11.3 Å². The lowest BCUT2D eigenvalue weighted by molar-refractivity contribution is -0.115. The number of thiophene rings is 1. The van der Waals surface area contributed by atoms with E-state index in [0.717, 1.165) is 21.1 Å². The quantitative estimate of drug-likeness (QED) is 0.340. The van der Waals surface area contributed by atoms with E-state index in [1.807, 2.05) is 60.7 Å². The summed E-state index contributed by atoms with van der Waals surface area (Å²) in [4.78, 5) is 27.2. The average Bonchev–Trinajstić information content (AvgIpc) is 3.19. The summed E-state index contributed by atoms with van der Waals surface area (Å²) in [6.07, 6.45) is 0.329. The number of anilines is 1. The molecule has 3 aromatic rings. The molecule has 0 aliphatic heterocycles. The van der Waals surface area contributed by atoms with Crippen LogP contribution in [0.5, 0.6) is 5.75 Å². The number of nitrogens with one attached hydrogen (secondary N) is 1. The van der Waals surface area contributed by atoms with E-state index in [9.17, 15) is 9.59 Å². The lowest BCUT2D eigenvalue weighted by Gasteiger charge is -2.06. The van der Waals surface area contributed by atoms with E-state index in [1.54, 1.807) is 25.8 Å². The Kier molecular flexibility index (Phi) is 7.93. The minimum Gasteiger partial charge on any atom is -0.497 e. The fraction of sp³-hybridized carbons (Fsp3) is 0.217. The highest BCUT2D eigenvalue weighted by Gasteiger charge is 2.20. The van der Waals surface area contributed by atoms with Crippen LogP contribution in [0, 0.1) is 0 Å². The fourth-order valence-corrected chi connectivity index (χ4v) is 4.59. The predicted molar refractivity (Wildman–Crippen MR) is 123 cm³/mol. The molecule has 1 heterocycles. The lowest BCUT2D eigenvalue weighted by atomic mass is 10.2. The van der Waals surface area contributed by atoms with Gasteiger partial charge in [-0.15, -0.1) is 23.1 Å². The Balaban J connectivity index is 1.65. The maximum Gasteiger partial charge on any atom is 0.350 e. The number of carbonyl (C=O) groups is 2. The van der Waals surface area contributed by atoms with Crippen LogP contribution in [0.25, 0.3) is 10.4 Å². The van der Waals surface area contributed by atoms with Crippen molar-refractivity contribution in [3.8, 4) is 16.2 Å². The highest BCUT2D eigenvalue weighted by atomic mass is 32.2. The van der Waals surface area contributed by atoms with Gasteiger partial charge >= 0.3 is 5.97 Å². The molecule has 1 amide bonds. The Hall–Kier alpha value is -2.77. The van der Waals surface area contributed by atoms with Crippen molar-refractivity contribution in [1.82, 2.24) is 0 Å². The van der Waals surface area contributed by atoms with Crippen LogP contribution >= 0.6 is 23.1 Å². The SMILES string of the molecule is CCOC(=O)c1sc(-c2ccccc2)cc1NC(=O)CCSc1ccc(OC)cc1. The molecular weight excluding hydrogens is 418 g/mol. The van der Waals surface area contributed by atoms with Crippen molar-refractivity contribution >= 4 is 40.7 Å². The molecule has 3 rings (SSSR count). The first-order chi connectivity index (χ1) is 14.6. The molecule has 1 aromatic heterocycles. The van der Waals surface area contributed by atoms with Crippen molar-refractivity contribution in [2.45, 2.75) is 18.2 Å². The lowest BCUT2D eigenvalue weighted by Crippen LogP contribution is -2.14. The molecule has 5 nitrogen and oxygen atoms in total. The number of amides is 1. The van der Waals surface area contributed by atoms with Crippen molar-refractivity contribution in [3.05, 3.63) is 65.5 Å². The number of ether oxygens (including phenoxy) is 2. The van der Waals surface area contributed by atoms with Crippen LogP contribution in [-0.4, -0.2) is 31.3 Å². The normalized spacial score (nSPS) is 10.5. The van der Waals surface area contributed by atoms with Crippen molar-refractivity contribution in [2.24, 2.45) is 0 Å². The summed E-state index contributed by atoms with van der Waals surface area (Å²) in [6.45, 7) is 2.04. The summed E-state index contributed by atoms with van der Waals surface area (Å²) in [6, 6.07) is 19.3. The van der Waals surface area contributed by atoms with Gasteiger partial charge in [0, 0.05) is 21.9 Å². The molecule has 30 heavy (non-hydrogen) atoms. The fourth-order valence-electron chi connectivity index (χ4n) is 2.72. The smallest absolute Gasteiger partial charge is 0.350 e. The molecule has 0 radical (unpaired) electrons. The summed E-state index contributed by atoms with van der Waals surface area (Å²) >= 11 is 2.91. The molecule has 0 unspecified atom stereocenters. The monoisotopic (exact) mass is 441 g/mol. The molecule has 156 valence electrons. The summed E-state index contributed by atoms with van der Waals surface area (Å²) in [7, 11) is 1.63. The van der Waals surface area contributed by atoms with Gasteiger partial charge in [-0.3, -0.25) is 4.79 Å². The molecule has 7 heteroatoms. The Morgan fingerprint density at radius 1 is 1.07 bits per heavy atom. The molecular formula is C23H23NO4S2. The third kappa shape index (κ3) is 5.87. The molecule has 0 saturated heterocycles. The molecule has 0 bridgehead atoms. The predicted octanol–water partition coefficient (Wildman–Crippen LogP) is 5.72. The van der Waals surface area contributed by atoms with Gasteiger partial charge in [-0.2, -0.15) is 0 Å². The highest BCUT2D eigenvalue weighted by molar-refractivity contribution is 7.99. The number of rotatable bonds is 9. The van der Waals surface area contributed by atoms with Crippen LogP contribution < -0.4 is 10.1 Å². The van der Waals surface area contributed by atoms with Crippen molar-refractivity contribution in [1.29, 1.82) is 0 Å². The molecule has 0 atom stereocenters. The number of esters is 1. The second kappa shape index (κ2) is 10.8. The zero-order chi connectivity index (χ0) is 21.3. The van der Waals surface area contributed by atoms with Crippen molar-refractivity contribution in [3.63, 3.8) is 0 Å². The second-order valence-electron chi connectivity index (χ2n) is 6.26. The van der Waals surface area contributed by atoms with Gasteiger partial charge in [-0.05, 0) is 42.8 Å². The number of hydrogen-bond donors (Lipinski definition) is 1. The van der Waals surface area contributed by atoms with Crippen LogP contribution in [0.15, 0.2) is 65.6 Å². The van der Waals surface area contributed by atoms with Gasteiger partial charge < -0.3 is 14.8 Å². The molecule has 0 saturated carbocycles. The van der Waals surface area contributed by atoms with Crippen LogP contribution in [0.2, 0.25) is 0 Å². The third-order valence-corrected chi connectivity index (χ3v) is 6.36. The van der Waals surface area contributed by atoms with Gasteiger partial charge in [0.15, 0.2) is 0 Å². The molecule has 1 N–H and O–H groups in total. The van der Waals surface area contributed by atoms with Gasteiger partial charge in [-0.25, -0.2) is 4.79 Å². The van der Waals surface area contributed by atoms with E-state index in [-0.39, 0.29) is 12.5 Å². The first-order valence-electron chi connectivity index (χ1n) is 9.53. The van der Waals surface area contributed by atoms with Gasteiger partial charge in [0.05, 0.1) is 19.4 Å². The van der Waals surface area contributed by atoms with Crippen molar-refractivity contribution < 1.29 is 19.1 Å². The summed E-state index contributed by atoms with van der Waals surface area (Å²) in [5, 5.41) is 2.88. The maximum atomic E-state index is 12.5. The van der Waals surface area contributed by atoms with Gasteiger partial charge in [-0.1, -0.05) is 30.3 Å². The zero-order valence-electron chi connectivity index (χ0n) is 16.8. The summed E-state index contributed by atoms with van der Waals surface area (Å²) in [5.41, 5.74) is 1.49. The average molecular weight is 442 g/mol. The minimum absolute atomic E-state index is 0.140. The number of benzene rings is 2. The Bertz CT molecular complexity index is 984. The van der Waals surface area contributed by atoms with Gasteiger partial charge in [0.2, 0.25) is 5.91 Å². The molecule has 2 aromatic carbocycles. The third-order valence-electron chi connectivity index (χ3n) is 4.18. The highest BCUT2D eigenvalue weighted by Crippen LogP contribution is 2.35. The summed E-state index contributed by atoms with van der Waals surface area (Å²) < 4.78 is 10.3. The van der Waals surface area contributed by atoms with E-state index < -0.39 is 5.97 Å². The molecule has 0 aliphatic carbocycles. The molecule has 0 spiro atoms. The largest absolute Gasteiger partial charge is 0.497 e. The van der Waals surface area contributed by atoms with Crippen LogP contribution in [0.4, 0.5) is 5.69 Å². The van der Waals surface area contributed by atoms with Crippen molar-refractivity contribution in [2.75, 3.05) is 24.8 Å². The number of hydrogen-bond acceptors (Lipinski definition) is 6. The van der Waals surface area contributed by atoms with E-state index in [2.05, 4.69) is 5.32 Å². The Morgan fingerprint density at radius 2 is 1.80 bits per heavy atom. The minimum atomic E-state index is -0.424. The maximum absolute atomic E-state index is 12.5. The standard InChI is InChI=1S/C23H23NO4S2/c1-3-28-23(26)22-19(15-20(30-22)16-7-5-4-6-8-16)24-21(25)13-14-29-18-11-9-17(27-2)10-12-18/h4-12,15H,3,13-14H2,1-2H3,(H,24,25). The summed E-state index contributed by atoms with van der Waals surface area (Å²) in [5.74, 6) is 0.865. The molecule has 0 aliphatic rings. The second-order valence-corrected chi connectivity index (χ2v) is 8.48. The first-order valence-corrected chi connectivity index (χ1v) is 11.3. The van der Waals surface area contributed by atoms with Gasteiger partial charge in [0.25, 0.3) is 0 Å². The van der Waals surface area contributed by atoms with Crippen LogP contribution in [0.1, 0.15) is 23.0 Å². The first kappa shape index (κ1) is 21.9. The number of thioether (sulfide) groups is 1. The van der Waals surface area contributed by atoms with Crippen LogP contribution in [0.3, 0.4) is 0 Å². The molecule has 0 fully saturated rings. The Labute approximate surface area is 184 Å². The van der Waals surface area contributed by atoms with Gasteiger partial charge in [0.1, 0.15) is 10.6 Å². The van der Waals surface area contributed by atoms with E-state index >= 15 is 0 Å². The van der Waals surface area contributed by atoms with E-state index in [4.69, 9.17) is 9.47 Å². The zero-order valence-corrected chi connectivity index (χ0v) is 18.5. The van der Waals surface area contributed by atoms with Crippen LogP contribution in [-0.2, 0) is 9.53 Å².